The van der Waals surface area contributed by atoms with Gasteiger partial charge in [-0.1, -0.05) is 0 Å². The van der Waals surface area contributed by atoms with Crippen LogP contribution in [0.2, 0.25) is 0 Å². The highest BCUT2D eigenvalue weighted by atomic mass is 19.1. The van der Waals surface area contributed by atoms with E-state index in [1.165, 1.54) is 25.0 Å². The number of nitrogens with one attached hydrogen (secondary N) is 1. The van der Waals surface area contributed by atoms with E-state index in [9.17, 15) is 8.78 Å². The van der Waals surface area contributed by atoms with E-state index in [1.807, 2.05) is 6.92 Å². The predicted molar refractivity (Wildman–Crippen MR) is 76.8 cm³/mol. The van der Waals surface area contributed by atoms with Crippen LogP contribution in [0, 0.1) is 11.6 Å². The monoisotopic (exact) mass is 281 g/mol. The van der Waals surface area contributed by atoms with Crippen molar-refractivity contribution in [3.63, 3.8) is 0 Å². The molecule has 0 bridgehead atoms. The molecule has 1 saturated heterocycles. The van der Waals surface area contributed by atoms with Gasteiger partial charge in [-0.25, -0.2) is 8.78 Å². The number of halogens is 2. The maximum atomic E-state index is 13.5. The van der Waals surface area contributed by atoms with E-state index in [0.717, 1.165) is 31.7 Å². The molecule has 1 aromatic rings. The number of aliphatic imine (C=N–C) groups is 1. The minimum atomic E-state index is -0.406. The lowest BCUT2D eigenvalue weighted by atomic mass is 10.1. The Kier molecular flexibility index (Phi) is 5.32. The topological polar surface area (TPSA) is 27.6 Å². The number of nitrogens with zero attached hydrogens (tertiary/aromatic N) is 2. The largest absolute Gasteiger partial charge is 0.357 e. The van der Waals surface area contributed by atoms with Crippen molar-refractivity contribution in [2.45, 2.75) is 26.2 Å². The predicted octanol–water partition coefficient (Wildman–Crippen LogP) is 2.57. The molecule has 0 atom stereocenters. The molecule has 20 heavy (non-hydrogen) atoms. The summed E-state index contributed by atoms with van der Waals surface area (Å²) >= 11 is 0. The summed E-state index contributed by atoms with van der Waals surface area (Å²) in [7, 11) is 0. The fraction of sp³-hybridized carbons (Fsp3) is 0.533. The number of rotatable bonds is 4. The van der Waals surface area contributed by atoms with E-state index in [2.05, 4.69) is 15.2 Å². The maximum Gasteiger partial charge on any atom is 0.193 e. The Balaban J connectivity index is 1.97. The SMILES string of the molecule is CCNC(=NCCc1cc(F)ccc1F)N1CCCC1. The van der Waals surface area contributed by atoms with Gasteiger partial charge in [0.1, 0.15) is 11.6 Å². The van der Waals surface area contributed by atoms with Crippen LogP contribution in [-0.4, -0.2) is 37.0 Å². The van der Waals surface area contributed by atoms with Gasteiger partial charge in [0.15, 0.2) is 5.96 Å². The Morgan fingerprint density at radius 3 is 2.75 bits per heavy atom. The van der Waals surface area contributed by atoms with Crippen LogP contribution >= 0.6 is 0 Å². The maximum absolute atomic E-state index is 13.5. The summed E-state index contributed by atoms with van der Waals surface area (Å²) in [5.74, 6) is 0.103. The standard InChI is InChI=1S/C15H21F2N3/c1-2-18-15(20-9-3-4-10-20)19-8-7-12-11-13(16)5-6-14(12)17/h5-6,11H,2-4,7-10H2,1H3,(H,18,19). The first-order valence-electron chi connectivity index (χ1n) is 7.18. The van der Waals surface area contributed by atoms with Crippen molar-refractivity contribution in [2.24, 2.45) is 4.99 Å². The van der Waals surface area contributed by atoms with Crippen LogP contribution in [0.15, 0.2) is 23.2 Å². The summed E-state index contributed by atoms with van der Waals surface area (Å²) < 4.78 is 26.6. The Morgan fingerprint density at radius 2 is 2.05 bits per heavy atom. The number of benzene rings is 1. The van der Waals surface area contributed by atoms with Crippen molar-refractivity contribution in [2.75, 3.05) is 26.2 Å². The summed E-state index contributed by atoms with van der Waals surface area (Å²) in [6.45, 7) is 5.32. The smallest absolute Gasteiger partial charge is 0.193 e. The van der Waals surface area contributed by atoms with Crippen LogP contribution < -0.4 is 5.32 Å². The van der Waals surface area contributed by atoms with Crippen molar-refractivity contribution in [3.8, 4) is 0 Å². The molecule has 1 heterocycles. The van der Waals surface area contributed by atoms with E-state index in [4.69, 9.17) is 0 Å². The third-order valence-electron chi connectivity index (χ3n) is 3.39. The normalized spacial score (nSPS) is 15.8. The molecule has 1 aliphatic heterocycles. The van der Waals surface area contributed by atoms with Crippen molar-refractivity contribution in [3.05, 3.63) is 35.4 Å². The van der Waals surface area contributed by atoms with E-state index in [1.54, 1.807) is 0 Å². The first kappa shape index (κ1) is 14.8. The molecule has 1 N–H and O–H groups in total. The Morgan fingerprint density at radius 1 is 1.30 bits per heavy atom. The third-order valence-corrected chi connectivity index (χ3v) is 3.39. The van der Waals surface area contributed by atoms with Crippen LogP contribution in [0.4, 0.5) is 8.78 Å². The summed E-state index contributed by atoms with van der Waals surface area (Å²) in [4.78, 5) is 6.72. The van der Waals surface area contributed by atoms with Crippen LogP contribution in [0.1, 0.15) is 25.3 Å². The second kappa shape index (κ2) is 7.22. The highest BCUT2D eigenvalue weighted by molar-refractivity contribution is 5.80. The molecule has 3 nitrogen and oxygen atoms in total. The summed E-state index contributed by atoms with van der Waals surface area (Å²) in [6.07, 6.45) is 2.78. The van der Waals surface area contributed by atoms with E-state index in [-0.39, 0.29) is 5.82 Å². The van der Waals surface area contributed by atoms with E-state index >= 15 is 0 Å². The van der Waals surface area contributed by atoms with Gasteiger partial charge in [0.05, 0.1) is 0 Å². The highest BCUT2D eigenvalue weighted by Crippen LogP contribution is 2.11. The quantitative estimate of drug-likeness (QED) is 0.678. The van der Waals surface area contributed by atoms with Crippen molar-refractivity contribution < 1.29 is 8.78 Å². The van der Waals surface area contributed by atoms with E-state index in [0.29, 0.717) is 18.5 Å². The summed E-state index contributed by atoms with van der Waals surface area (Å²) in [5, 5.41) is 3.24. The first-order valence-corrected chi connectivity index (χ1v) is 7.18. The van der Waals surface area contributed by atoms with Gasteiger partial charge >= 0.3 is 0 Å². The third kappa shape index (κ3) is 3.92. The van der Waals surface area contributed by atoms with Crippen LogP contribution in [0.5, 0.6) is 0 Å². The second-order valence-electron chi connectivity index (χ2n) is 4.92. The molecule has 0 spiro atoms. The zero-order chi connectivity index (χ0) is 14.4. The van der Waals surface area contributed by atoms with Gasteiger partial charge in [-0.3, -0.25) is 4.99 Å². The number of guanidine groups is 1. The lowest BCUT2D eigenvalue weighted by Gasteiger charge is -2.20. The molecule has 5 heteroatoms. The fourth-order valence-corrected chi connectivity index (χ4v) is 2.37. The van der Waals surface area contributed by atoms with Gasteiger partial charge in [0, 0.05) is 26.2 Å². The Bertz CT molecular complexity index is 468. The average Bonchev–Trinajstić information content (AvgIpc) is 2.95. The minimum absolute atomic E-state index is 0.368. The molecule has 0 unspecified atom stereocenters. The Hall–Kier alpha value is -1.65. The van der Waals surface area contributed by atoms with Gasteiger partial charge < -0.3 is 10.2 Å². The van der Waals surface area contributed by atoms with Crippen LogP contribution in [0.25, 0.3) is 0 Å². The van der Waals surface area contributed by atoms with Crippen LogP contribution in [-0.2, 0) is 6.42 Å². The van der Waals surface area contributed by atoms with Gasteiger partial charge in [-0.05, 0) is 49.9 Å². The molecule has 0 radical (unpaired) electrons. The molecule has 0 aliphatic carbocycles. The zero-order valence-corrected chi connectivity index (χ0v) is 11.8. The average molecular weight is 281 g/mol. The minimum Gasteiger partial charge on any atom is -0.357 e. The second-order valence-corrected chi connectivity index (χ2v) is 4.92. The molecule has 0 amide bonds. The fourth-order valence-electron chi connectivity index (χ4n) is 2.37. The van der Waals surface area contributed by atoms with E-state index < -0.39 is 5.82 Å². The van der Waals surface area contributed by atoms with Crippen molar-refractivity contribution in [1.82, 2.24) is 10.2 Å². The van der Waals surface area contributed by atoms with Crippen LogP contribution in [0.3, 0.4) is 0 Å². The molecule has 1 aromatic carbocycles. The molecular weight excluding hydrogens is 260 g/mol. The Labute approximate surface area is 118 Å². The highest BCUT2D eigenvalue weighted by Gasteiger charge is 2.15. The molecule has 2 rings (SSSR count). The molecular formula is C15H21F2N3. The van der Waals surface area contributed by atoms with Crippen molar-refractivity contribution >= 4 is 5.96 Å². The number of hydrogen-bond donors (Lipinski definition) is 1. The molecule has 0 saturated carbocycles. The molecule has 0 aromatic heterocycles. The van der Waals surface area contributed by atoms with Gasteiger partial charge in [-0.15, -0.1) is 0 Å². The van der Waals surface area contributed by atoms with Gasteiger partial charge in [0.2, 0.25) is 0 Å². The summed E-state index contributed by atoms with van der Waals surface area (Å²) in [5.41, 5.74) is 0.381. The first-order chi connectivity index (χ1) is 9.70. The zero-order valence-electron chi connectivity index (χ0n) is 11.8. The number of hydrogen-bond acceptors (Lipinski definition) is 1. The van der Waals surface area contributed by atoms with Gasteiger partial charge in [0.25, 0.3) is 0 Å². The molecule has 110 valence electrons. The number of likely N-dealkylation sites (tertiary alicyclic amines) is 1. The molecule has 1 fully saturated rings. The van der Waals surface area contributed by atoms with Crippen molar-refractivity contribution in [1.29, 1.82) is 0 Å². The lowest BCUT2D eigenvalue weighted by molar-refractivity contribution is 0.493. The van der Waals surface area contributed by atoms with Gasteiger partial charge in [-0.2, -0.15) is 0 Å². The lowest BCUT2D eigenvalue weighted by Crippen LogP contribution is -2.39. The molecule has 1 aliphatic rings. The summed E-state index contributed by atoms with van der Waals surface area (Å²) in [6, 6.07) is 3.55.